The number of rotatable bonds is 0. The van der Waals surface area contributed by atoms with Gasteiger partial charge in [-0.2, -0.15) is 0 Å². The molecule has 0 rings (SSSR count). The molecule has 0 amide bonds. The van der Waals surface area contributed by atoms with Crippen LogP contribution in [-0.4, -0.2) is 73.8 Å². The zero-order valence-corrected chi connectivity index (χ0v) is 15.6. The molecule has 0 saturated heterocycles. The van der Waals surface area contributed by atoms with Crippen molar-refractivity contribution in [2.45, 2.75) is 6.92 Å². The van der Waals surface area contributed by atoms with E-state index < -0.39 is 31.9 Å². The van der Waals surface area contributed by atoms with Crippen LogP contribution < -0.4 is 24.6 Å². The van der Waals surface area contributed by atoms with Crippen molar-refractivity contribution in [1.29, 1.82) is 0 Å². The summed E-state index contributed by atoms with van der Waals surface area (Å²) in [5.41, 5.74) is 0. The monoisotopic (exact) mass is 447 g/mol. The van der Waals surface area contributed by atoms with Gasteiger partial charge in [-0.3, -0.25) is 17.8 Å². The van der Waals surface area contributed by atoms with E-state index in [0.29, 0.717) is 0 Å². The van der Waals surface area contributed by atoms with E-state index in [1.165, 1.54) is 0 Å². The molecular formula is C2H19AlClN5O13S2. The van der Waals surface area contributed by atoms with Crippen LogP contribution in [-0.2, 0) is 25.6 Å². The van der Waals surface area contributed by atoms with Gasteiger partial charge >= 0.3 is 17.4 Å². The zero-order chi connectivity index (χ0) is 16.2. The van der Waals surface area contributed by atoms with Crippen LogP contribution in [0, 0.1) is 10.1 Å². The molecule has 0 aromatic heterocycles. The summed E-state index contributed by atoms with van der Waals surface area (Å²) in [6.07, 6.45) is 0. The number of halogens is 1. The maximum Gasteiger partial charge on any atom is 3.00 e. The first-order chi connectivity index (χ1) is 7.46. The van der Waals surface area contributed by atoms with Crippen LogP contribution >= 0.6 is 12.4 Å². The van der Waals surface area contributed by atoms with E-state index in [1.54, 1.807) is 0 Å². The van der Waals surface area contributed by atoms with Gasteiger partial charge < -0.3 is 48.6 Å². The van der Waals surface area contributed by atoms with Gasteiger partial charge in [-0.15, -0.1) is 22.5 Å². The second kappa shape index (κ2) is 33.6. The summed E-state index contributed by atoms with van der Waals surface area (Å²) in [7, 11) is -10.1. The normalized spacial score (nSPS) is 6.88. The number of hydrogen-bond donors (Lipinski definition) is 7. The largest absolute Gasteiger partial charge is 3.00 e. The van der Waals surface area contributed by atoms with Crippen LogP contribution in [0.4, 0.5) is 0 Å². The molecule has 0 aromatic rings. The summed E-state index contributed by atoms with van der Waals surface area (Å²) >= 11 is 0. The number of carboxylic acid groups (broad SMARTS) is 1. The van der Waals surface area contributed by atoms with Gasteiger partial charge in [-0.25, -0.2) is 8.42 Å². The zero-order valence-electron chi connectivity index (χ0n) is 12.0. The summed E-state index contributed by atoms with van der Waals surface area (Å²) in [4.78, 5) is 17.4. The Labute approximate surface area is 153 Å². The molecule has 0 aromatic carbocycles. The first kappa shape index (κ1) is 65.8. The Hall–Kier alpha value is -0.928. The van der Waals surface area contributed by atoms with Crippen LogP contribution in [0.2, 0.25) is 0 Å². The van der Waals surface area contributed by atoms with Crippen molar-refractivity contribution >= 4 is 56.5 Å². The van der Waals surface area contributed by atoms with E-state index in [2.05, 4.69) is 0 Å². The van der Waals surface area contributed by atoms with Crippen molar-refractivity contribution in [1.82, 2.24) is 24.6 Å². The second-order valence-electron chi connectivity index (χ2n) is 1.59. The van der Waals surface area contributed by atoms with Gasteiger partial charge in [-0.05, 0) is 0 Å². The minimum atomic E-state index is -5.17. The molecule has 24 heavy (non-hydrogen) atoms. The van der Waals surface area contributed by atoms with Gasteiger partial charge in [0.1, 0.15) is 0 Å². The molecule has 0 saturated carbocycles. The van der Waals surface area contributed by atoms with Crippen molar-refractivity contribution in [3.8, 4) is 0 Å². The molecule has 15 N–H and O–H groups in total. The average molecular weight is 448 g/mol. The van der Waals surface area contributed by atoms with Gasteiger partial charge in [0.25, 0.3) is 11.1 Å². The minimum absolute atomic E-state index is 0. The smallest absolute Gasteiger partial charge is 0.759 e. The van der Waals surface area contributed by atoms with Crippen molar-refractivity contribution < 1.29 is 55.2 Å². The standard InChI is InChI=1S/C2H4O2.Al.ClH.HNO3.4H3N.2H2O4S/c1-2(3)4;;;2-1(3)4;;;;;2*1-5(2,3)4/h1H3,(H,3,4);;1H;(H,2,3,4);4*1H3;2*(H2,1,2,3,4)/q;+3;;;;;;;;/p-3. The predicted molar refractivity (Wildman–Crippen MR) is 78.0 cm³/mol. The molecule has 0 atom stereocenters. The fourth-order valence-electron chi connectivity index (χ4n) is 0. The van der Waals surface area contributed by atoms with Crippen LogP contribution in [0.15, 0.2) is 0 Å². The molecule has 18 nitrogen and oxygen atoms in total. The number of carbonyl (C=O) groups is 1. The number of aliphatic carboxylic acids is 1. The molecule has 0 unspecified atom stereocenters. The van der Waals surface area contributed by atoms with Gasteiger partial charge in [0.05, 0.1) is 0 Å². The Morgan fingerprint density at radius 3 is 0.958 bits per heavy atom. The summed E-state index contributed by atoms with van der Waals surface area (Å²) < 4.78 is 66.9. The minimum Gasteiger partial charge on any atom is -0.759 e. The predicted octanol–water partition coefficient (Wildman–Crippen LogP) is -1.90. The van der Waals surface area contributed by atoms with E-state index in [-0.39, 0.29) is 54.4 Å². The molecular weight excluding hydrogens is 429 g/mol. The number of nitrogens with zero attached hydrogens (tertiary/aromatic N) is 1. The molecule has 22 heteroatoms. The van der Waals surface area contributed by atoms with Gasteiger partial charge in [0, 0.05) is 17.3 Å². The van der Waals surface area contributed by atoms with E-state index in [9.17, 15) is 0 Å². The molecule has 0 bridgehead atoms. The Bertz CT molecular complexity index is 373. The molecule has 0 heterocycles. The van der Waals surface area contributed by atoms with E-state index in [4.69, 9.17) is 60.3 Å². The van der Waals surface area contributed by atoms with Crippen LogP contribution in [0.3, 0.4) is 0 Å². The first-order valence-electron chi connectivity index (χ1n) is 2.84. The molecule has 152 valence electrons. The first-order valence-corrected chi connectivity index (χ1v) is 5.54. The van der Waals surface area contributed by atoms with Crippen LogP contribution in [0.1, 0.15) is 6.92 Å². The number of hydrogen-bond acceptors (Lipinski definition) is 14. The fraction of sp³-hybridized carbons (Fsp3) is 0.500. The Morgan fingerprint density at radius 1 is 0.958 bits per heavy atom. The Kier molecular flexibility index (Phi) is 92.2. The molecule has 0 aliphatic rings. The third kappa shape index (κ3) is 9870. The number of carboxylic acids is 1. The van der Waals surface area contributed by atoms with Crippen molar-refractivity contribution in [2.75, 3.05) is 0 Å². The SMILES string of the molecule is CC(=O)O.Cl.N.N.N.N.O=S(=O)([O-])O.O=S(=O)([O-])[O-].O=[N+]([O-])O.[Al+3]. The Balaban J connectivity index is -0.0000000126. The maximum absolute atomic E-state index is 9.00. The van der Waals surface area contributed by atoms with Gasteiger partial charge in [0.2, 0.25) is 10.4 Å². The molecule has 0 aliphatic carbocycles. The van der Waals surface area contributed by atoms with Crippen LogP contribution in [0.25, 0.3) is 0 Å². The van der Waals surface area contributed by atoms with Crippen LogP contribution in [0.5, 0.6) is 0 Å². The third-order valence-corrected chi connectivity index (χ3v) is 0. The molecule has 0 fully saturated rings. The average Bonchev–Trinajstić information content (AvgIpc) is 1.70. The van der Waals surface area contributed by atoms with Gasteiger partial charge in [0.15, 0.2) is 0 Å². The fourth-order valence-corrected chi connectivity index (χ4v) is 0. The van der Waals surface area contributed by atoms with Gasteiger partial charge in [-0.1, -0.05) is 0 Å². The van der Waals surface area contributed by atoms with E-state index >= 15 is 0 Å². The summed E-state index contributed by atoms with van der Waals surface area (Å²) in [6, 6.07) is 0. The molecule has 0 aliphatic heterocycles. The van der Waals surface area contributed by atoms with E-state index in [1.807, 2.05) is 0 Å². The molecule has 0 spiro atoms. The Morgan fingerprint density at radius 2 is 0.958 bits per heavy atom. The summed E-state index contributed by atoms with van der Waals surface area (Å²) in [6.45, 7) is 1.08. The third-order valence-electron chi connectivity index (χ3n) is 0. The van der Waals surface area contributed by atoms with Crippen molar-refractivity contribution in [3.05, 3.63) is 10.1 Å². The maximum atomic E-state index is 9.00. The second-order valence-corrected chi connectivity index (χ2v) is 3.26. The molecule has 0 radical (unpaired) electrons. The van der Waals surface area contributed by atoms with Crippen molar-refractivity contribution in [2.24, 2.45) is 0 Å². The topological polar surface area (TPSA) is 398 Å². The van der Waals surface area contributed by atoms with Crippen molar-refractivity contribution in [3.63, 3.8) is 0 Å². The summed E-state index contributed by atoms with van der Waals surface area (Å²) in [5.74, 6) is -0.833. The summed E-state index contributed by atoms with van der Waals surface area (Å²) in [5, 5.41) is 21.1. The quantitative estimate of drug-likeness (QED) is 0.0699. The van der Waals surface area contributed by atoms with E-state index in [0.717, 1.165) is 6.92 Å².